The number of anilines is 14. The zero-order chi connectivity index (χ0) is 81.2. The van der Waals surface area contributed by atoms with Crippen LogP contribution in [0.1, 0.15) is 38.8 Å². The van der Waals surface area contributed by atoms with Crippen LogP contribution in [0.2, 0.25) is 0 Å². The molecule has 3 saturated heterocycles. The normalized spacial score (nSPS) is 13.6. The SMILES string of the molecule is C.CC(O)CC(C)O.Cc1c[c-]c(N2C=CN(c3ccc(C)cc3)[CH-]2)cc1.[CH3-].[CH3-].[CH3-].[I][Pt].[Ir].[Ir].[Ir].[Pt+2].[Pt+4].[c-]1ccccc1N1C=CN(c2ccccc2)[CH-]1.[c-]1ccccc1N1[CH-]N(c2ccccc2)CC1.[c-]1ccccc1N1[CH-]N(c2ccccc2)CC1.[c-]1ccccc1N1[CH-]N(c2ccccc2)CC1.[c-]1ccccc1N1[CH-]N(c2ccccc2)c2ccccc21. The number of fused-ring (bicyclic) bond motifs is 1. The first kappa shape index (κ1) is 112. The number of benzene rings is 13. The molecule has 0 saturated carbocycles. The Kier molecular flexibility index (Phi) is 53.6. The van der Waals surface area contributed by atoms with Gasteiger partial charge in [0.1, 0.15) is 0 Å². The molecule has 126 heavy (non-hydrogen) atoms. The van der Waals surface area contributed by atoms with E-state index in [1.807, 2.05) is 176 Å². The summed E-state index contributed by atoms with van der Waals surface area (Å²) < 4.78 is 0. The van der Waals surface area contributed by atoms with E-state index in [0.717, 1.165) is 90.5 Å². The van der Waals surface area contributed by atoms with Crippen LogP contribution >= 0.6 is 19.4 Å². The largest absolute Gasteiger partial charge is 4.00 e. The van der Waals surface area contributed by atoms with Crippen LogP contribution in [0.25, 0.3) is 0 Å². The second kappa shape index (κ2) is 60.4. The van der Waals surface area contributed by atoms with Gasteiger partial charge in [0.25, 0.3) is 0 Å². The number of hydrogen-bond acceptors (Lipinski definition) is 14. The van der Waals surface area contributed by atoms with Gasteiger partial charge in [-0.2, -0.15) is 195 Å². The van der Waals surface area contributed by atoms with E-state index >= 15 is 0 Å². The van der Waals surface area contributed by atoms with Crippen LogP contribution in [0, 0.1) is 113 Å². The van der Waals surface area contributed by atoms with Crippen molar-refractivity contribution in [2.75, 3.05) is 98.1 Å². The van der Waals surface area contributed by atoms with Crippen LogP contribution in [-0.4, -0.2) is 61.7 Å². The third-order valence-electron chi connectivity index (χ3n) is 19.0. The molecule has 6 aliphatic heterocycles. The minimum absolute atomic E-state index is 0. The van der Waals surface area contributed by atoms with Crippen molar-refractivity contribution in [2.45, 2.75) is 53.8 Å². The van der Waals surface area contributed by atoms with Crippen molar-refractivity contribution < 1.29 is 129 Å². The number of aryl methyl sites for hydroxylation is 2. The average Bonchev–Trinajstić information content (AvgIpc) is 1.62. The number of aliphatic hydroxyl groups excluding tert-OH is 2. The Morgan fingerprint density at radius 3 is 0.905 bits per heavy atom. The summed E-state index contributed by atoms with van der Waals surface area (Å²) in [6, 6.07) is 135. The molecule has 674 valence electrons. The topological polar surface area (TPSA) is 79.3 Å². The molecular formula is C105H109IIr3N12O2Pt3-9. The van der Waals surface area contributed by atoms with Gasteiger partial charge in [-0.1, -0.05) is 135 Å². The molecule has 0 bridgehead atoms. The molecule has 3 radical (unpaired) electrons. The first-order valence-corrected chi connectivity index (χ1v) is 45.5. The van der Waals surface area contributed by atoms with Crippen LogP contribution in [0.15, 0.2) is 365 Å². The molecule has 6 heterocycles. The fraction of sp³-hybridized carbons (Fsp3) is 0.133. The summed E-state index contributed by atoms with van der Waals surface area (Å²) in [5, 5.41) is 17.1. The number of aliphatic hydroxyl groups is 2. The molecule has 0 spiro atoms. The standard InChI is InChI=1S/C19H14N2.C17H16N2.3C15H14N2.C15H12N2.C5H12O2.CH4.3CH3.HI.3Ir.3Pt/c1-3-9-16(10-4-1)20-15-21(17-11-5-2-6-12-17)19-14-8-7-13-18(19)20;1-14-3-7-16(8-4-14)18-11-12-19(13-18)17-9-5-15(2)6-10-17;4*1-3-7-14(8-4-1)16-11-12-17(13-16)15-9-5-2-6-10-15;1-4(6)3-5(2)7;;;;;;;;;;;/h1-11,13-15H;3-9,11-13H,1-2H3;3*1-9,13H,11-12H2;1-9,11-13H;4-7H,3H2,1-2H3;1H4;3*1H3;1H;;;;;;/q6*-2;;;3*-1;;;;;+1;+2;+4/p-1. The van der Waals surface area contributed by atoms with Gasteiger partial charge in [-0.15, -0.1) is 60.2 Å². The molecule has 19 rings (SSSR count). The number of para-hydroxylation sites is 12. The van der Waals surface area contributed by atoms with Crippen molar-refractivity contribution >= 4 is 99.0 Å². The van der Waals surface area contributed by atoms with Crippen molar-refractivity contribution in [3.63, 3.8) is 0 Å². The molecule has 3 fully saturated rings. The van der Waals surface area contributed by atoms with Crippen molar-refractivity contribution in [1.82, 2.24) is 0 Å². The van der Waals surface area contributed by atoms with Gasteiger partial charge < -0.3 is 91.3 Å². The Bertz CT molecular complexity index is 4490. The molecule has 0 aromatic heterocycles. The summed E-state index contributed by atoms with van der Waals surface area (Å²) in [4.78, 5) is 26.2. The molecule has 2 unspecified atom stereocenters. The summed E-state index contributed by atoms with van der Waals surface area (Å²) in [5.41, 5.74) is 18.6. The van der Waals surface area contributed by atoms with Crippen molar-refractivity contribution in [1.29, 1.82) is 0 Å². The van der Waals surface area contributed by atoms with Crippen molar-refractivity contribution in [2.24, 2.45) is 0 Å². The van der Waals surface area contributed by atoms with Crippen LogP contribution < -0.4 is 58.8 Å². The number of halogens is 1. The summed E-state index contributed by atoms with van der Waals surface area (Å²) in [5.74, 6) is 0. The van der Waals surface area contributed by atoms with E-state index in [9.17, 15) is 0 Å². The molecule has 2 atom stereocenters. The summed E-state index contributed by atoms with van der Waals surface area (Å²) in [7, 11) is 0. The maximum atomic E-state index is 8.56. The maximum Gasteiger partial charge on any atom is 4.00 e. The summed E-state index contributed by atoms with van der Waals surface area (Å²) in [6.07, 6.45) is 7.88. The predicted molar refractivity (Wildman–Crippen MR) is 517 cm³/mol. The van der Waals surface area contributed by atoms with Gasteiger partial charge in [0, 0.05) is 145 Å². The smallest absolute Gasteiger partial charge is 0.522 e. The van der Waals surface area contributed by atoms with Gasteiger partial charge in [0.2, 0.25) is 0 Å². The van der Waals surface area contributed by atoms with E-state index < -0.39 is 0 Å². The molecule has 13 aromatic rings. The van der Waals surface area contributed by atoms with E-state index in [-0.39, 0.29) is 144 Å². The van der Waals surface area contributed by atoms with Gasteiger partial charge in [-0.25, -0.2) is 0 Å². The molecule has 0 aliphatic carbocycles. The predicted octanol–water partition coefficient (Wildman–Crippen LogP) is 24.1. The fourth-order valence-electron chi connectivity index (χ4n) is 13.1. The molecule has 14 nitrogen and oxygen atoms in total. The summed E-state index contributed by atoms with van der Waals surface area (Å²) >= 11 is 4.23. The minimum atomic E-state index is -0.375. The Morgan fingerprint density at radius 1 is 0.302 bits per heavy atom. The number of rotatable bonds is 14. The zero-order valence-corrected chi connectivity index (χ0v) is 87.0. The third kappa shape index (κ3) is 33.9. The second-order valence-electron chi connectivity index (χ2n) is 27.7. The third-order valence-corrected chi connectivity index (χ3v) is 19.0. The maximum absolute atomic E-state index is 8.56. The fourth-order valence-corrected chi connectivity index (χ4v) is 13.1. The number of nitrogens with zero attached hydrogens (tertiary/aromatic N) is 12. The minimum Gasteiger partial charge on any atom is -0.522 e. The van der Waals surface area contributed by atoms with Crippen LogP contribution in [0.4, 0.5) is 79.6 Å². The Balaban J connectivity index is 0.000000378. The van der Waals surface area contributed by atoms with Crippen molar-refractivity contribution in [3.8, 4) is 0 Å². The van der Waals surface area contributed by atoms with E-state index in [1.165, 1.54) is 39.6 Å². The summed E-state index contributed by atoms with van der Waals surface area (Å²) in [6.45, 7) is 26.3. The molecule has 13 aromatic carbocycles. The van der Waals surface area contributed by atoms with E-state index in [0.29, 0.717) is 6.42 Å². The van der Waals surface area contributed by atoms with Crippen LogP contribution in [0.3, 0.4) is 0 Å². The Hall–Kier alpha value is -8.40. The molecule has 0 amide bonds. The van der Waals surface area contributed by atoms with Gasteiger partial charge in [0.05, 0.1) is 12.2 Å². The second-order valence-corrected chi connectivity index (χ2v) is 27.7. The first-order valence-electron chi connectivity index (χ1n) is 39.0. The molecule has 2 N–H and O–H groups in total. The Labute approximate surface area is 845 Å². The molecule has 21 heteroatoms. The van der Waals surface area contributed by atoms with E-state index in [1.54, 1.807) is 13.8 Å². The Morgan fingerprint density at radius 2 is 0.579 bits per heavy atom. The van der Waals surface area contributed by atoms with Gasteiger partial charge in [0.15, 0.2) is 0 Å². The van der Waals surface area contributed by atoms with Gasteiger partial charge in [-0.3, -0.25) is 0 Å². The monoisotopic (exact) mass is 2860 g/mol. The molecule has 6 aliphatic rings. The quantitative estimate of drug-likeness (QED) is 0.0801. The van der Waals surface area contributed by atoms with Crippen LogP contribution in [0.5, 0.6) is 0 Å². The van der Waals surface area contributed by atoms with Gasteiger partial charge in [-0.05, 0) is 137 Å². The average molecular weight is 2860 g/mol. The van der Waals surface area contributed by atoms with Gasteiger partial charge >= 0.3 is 77.6 Å². The zero-order valence-electron chi connectivity index (χ0n) is 70.8. The van der Waals surface area contributed by atoms with Crippen molar-refractivity contribution in [3.05, 3.63) is 474 Å². The van der Waals surface area contributed by atoms with Crippen LogP contribution in [-0.2, 0) is 119 Å². The van der Waals surface area contributed by atoms with E-state index in [2.05, 4.69) is 373 Å². The van der Waals surface area contributed by atoms with E-state index in [4.69, 9.17) is 10.2 Å². The number of hydrogen-bond donors (Lipinski definition) is 2. The molecular weight excluding hydrogens is 2750 g/mol. The first-order chi connectivity index (χ1) is 57.5.